The molecule has 0 radical (unpaired) electrons. The summed E-state index contributed by atoms with van der Waals surface area (Å²) in [5.41, 5.74) is 1.67. The summed E-state index contributed by atoms with van der Waals surface area (Å²) >= 11 is 0. The molecule has 2 amide bonds. The first kappa shape index (κ1) is 22.9. The zero-order chi connectivity index (χ0) is 28.1. The molecular weight excluding hydrogens is 543 g/mol. The lowest BCUT2D eigenvalue weighted by atomic mass is 8.92. The van der Waals surface area contributed by atoms with Crippen LogP contribution in [0.2, 0.25) is 0 Å². The van der Waals surface area contributed by atoms with Gasteiger partial charge in [0.1, 0.15) is 35.9 Å². The molecule has 210 valence electrons. The van der Waals surface area contributed by atoms with Crippen molar-refractivity contribution in [2.45, 2.75) is 18.4 Å². The number of hydrogen-bond acceptors (Lipinski definition) is 8. The number of aromatic nitrogens is 6. The number of ether oxygens (including phenoxy) is 1. The minimum absolute atomic E-state index is 0.00933. The van der Waals surface area contributed by atoms with Gasteiger partial charge in [-0.25, -0.2) is 18.9 Å². The van der Waals surface area contributed by atoms with Crippen molar-refractivity contribution < 1.29 is 23.5 Å². The predicted molar refractivity (Wildman–Crippen MR) is 139 cm³/mol. The van der Waals surface area contributed by atoms with Gasteiger partial charge in [-0.3, -0.25) is 19.5 Å². The second kappa shape index (κ2) is 7.20. The van der Waals surface area contributed by atoms with E-state index >= 15 is 0 Å². The zero-order valence-corrected chi connectivity index (χ0v) is 22.0. The van der Waals surface area contributed by atoms with Gasteiger partial charge in [0.2, 0.25) is 0 Å². The van der Waals surface area contributed by atoms with Gasteiger partial charge >= 0.3 is 0 Å². The molecule has 6 saturated carbocycles. The van der Waals surface area contributed by atoms with Gasteiger partial charge in [0.25, 0.3) is 11.8 Å². The fourth-order valence-electron chi connectivity index (χ4n) is 10.2. The molecule has 0 atom stereocenters. The lowest BCUT2D eigenvalue weighted by Gasteiger charge is -3.11. The van der Waals surface area contributed by atoms with Gasteiger partial charge in [0.15, 0.2) is 17.2 Å². The predicted octanol–water partition coefficient (Wildman–Crippen LogP) is 0.840. The van der Waals surface area contributed by atoms with E-state index in [0.717, 1.165) is 27.7 Å². The van der Waals surface area contributed by atoms with E-state index in [0.29, 0.717) is 47.8 Å². The molecule has 4 heterocycles. The van der Waals surface area contributed by atoms with Gasteiger partial charge in [-0.05, 0) is 58.6 Å². The van der Waals surface area contributed by atoms with Crippen molar-refractivity contribution in [1.82, 2.24) is 40.4 Å². The maximum Gasteiger partial charge on any atom is 0.270 e. The first-order valence-electron chi connectivity index (χ1n) is 14.2. The minimum Gasteiger partial charge on any atom is -0.486 e. The Balaban J connectivity index is 0.860. The van der Waals surface area contributed by atoms with Crippen LogP contribution in [0.4, 0.5) is 4.39 Å². The van der Waals surface area contributed by atoms with Crippen molar-refractivity contribution in [3.8, 4) is 5.75 Å². The summed E-state index contributed by atoms with van der Waals surface area (Å²) in [6, 6.07) is 6.74. The highest BCUT2D eigenvalue weighted by atomic mass is 19.1. The molecule has 3 N–H and O–H groups in total. The summed E-state index contributed by atoms with van der Waals surface area (Å²) in [6.45, 7) is 0.774. The number of amides is 2. The molecule has 12 nitrogen and oxygen atoms in total. The molecule has 13 heteroatoms. The molecule has 1 aromatic carbocycles. The number of H-pyrrole nitrogens is 1. The number of hydrogen-bond donors (Lipinski definition) is 3. The Morgan fingerprint density at radius 1 is 1.10 bits per heavy atom. The van der Waals surface area contributed by atoms with Crippen LogP contribution >= 0.6 is 0 Å². The van der Waals surface area contributed by atoms with Crippen LogP contribution in [0.15, 0.2) is 36.8 Å². The van der Waals surface area contributed by atoms with Gasteiger partial charge in [0.05, 0.1) is 6.20 Å². The molecule has 6 fully saturated rings. The number of carbonyl (C=O) groups excluding carboxylic acids is 3. The van der Waals surface area contributed by atoms with Gasteiger partial charge < -0.3 is 15.4 Å². The van der Waals surface area contributed by atoms with Crippen molar-refractivity contribution in [3.63, 3.8) is 0 Å². The fourth-order valence-corrected chi connectivity index (χ4v) is 10.2. The smallest absolute Gasteiger partial charge is 0.270 e. The Morgan fingerprint density at radius 2 is 1.90 bits per heavy atom. The van der Waals surface area contributed by atoms with E-state index in [1.165, 1.54) is 6.07 Å². The van der Waals surface area contributed by atoms with E-state index in [4.69, 9.17) is 4.74 Å². The molecule has 3 aromatic heterocycles. The molecule has 4 aromatic rings. The molecule has 1 aliphatic heterocycles. The summed E-state index contributed by atoms with van der Waals surface area (Å²) in [4.78, 5) is 46.9. The van der Waals surface area contributed by atoms with E-state index in [-0.39, 0.29) is 53.2 Å². The Hall–Kier alpha value is -4.68. The van der Waals surface area contributed by atoms with Crippen LogP contribution in [-0.2, 0) is 23.2 Å². The van der Waals surface area contributed by atoms with Gasteiger partial charge in [0, 0.05) is 36.6 Å². The molecule has 0 unspecified atom stereocenters. The highest BCUT2D eigenvalue weighted by Gasteiger charge is 3.10. The topological polar surface area (TPSA) is 156 Å². The summed E-state index contributed by atoms with van der Waals surface area (Å²) in [6.07, 6.45) is 2.85. The Bertz CT molecular complexity index is 1860. The minimum atomic E-state index is -0.725. The molecule has 0 saturated heterocycles. The van der Waals surface area contributed by atoms with Crippen LogP contribution in [0.1, 0.15) is 37.9 Å². The second-order valence-corrected chi connectivity index (χ2v) is 12.6. The molecule has 6 aliphatic carbocycles. The summed E-state index contributed by atoms with van der Waals surface area (Å²) in [5, 5.41) is 17.0. The number of carbonyl (C=O) groups is 3. The largest absolute Gasteiger partial charge is 0.486 e. The molecule has 0 bridgehead atoms. The van der Waals surface area contributed by atoms with Crippen molar-refractivity contribution in [3.05, 3.63) is 70.9 Å². The number of halogens is 1. The Kier molecular flexibility index (Phi) is 3.93. The Labute approximate surface area is 236 Å². The summed E-state index contributed by atoms with van der Waals surface area (Å²) in [7, 11) is 0. The van der Waals surface area contributed by atoms with Gasteiger partial charge in [-0.1, -0.05) is 6.07 Å². The van der Waals surface area contributed by atoms with E-state index in [2.05, 4.69) is 35.9 Å². The number of rotatable bonds is 7. The SMILES string of the molecule is O=C1COc2ccc(CNC(=O)c3cc(C(=O)NCC45C6C7C4C4C5C6C74c4ncn[nH]4)n4ncc(F)c4n3)cc2C1. The van der Waals surface area contributed by atoms with E-state index in [9.17, 15) is 18.8 Å². The van der Waals surface area contributed by atoms with E-state index in [1.807, 2.05) is 6.07 Å². The number of nitrogens with one attached hydrogen (secondary N) is 3. The number of ketones is 1. The average Bonchev–Trinajstić information content (AvgIpc) is 3.68. The number of Topliss-reactive ketones (excluding diaryl/α,β-unsaturated/α-hetero) is 1. The number of nitrogens with zero attached hydrogens (tertiary/aromatic N) is 5. The molecule has 11 rings (SSSR count). The van der Waals surface area contributed by atoms with Crippen LogP contribution in [0.5, 0.6) is 5.75 Å². The van der Waals surface area contributed by atoms with Crippen LogP contribution < -0.4 is 15.4 Å². The van der Waals surface area contributed by atoms with Gasteiger partial charge in [-0.15, -0.1) is 0 Å². The van der Waals surface area contributed by atoms with Crippen molar-refractivity contribution in [2.75, 3.05) is 13.2 Å². The highest BCUT2D eigenvalue weighted by molar-refractivity contribution is 5.98. The molecule has 0 spiro atoms. The standard InChI is InChI=1S/C29H23FN8O4/c30-14-7-35-38-16(5-15(36-24(14)38)25(40)31-6-11-1-2-17-12(3-11)4-13(39)8-42-17)26(41)32-9-28-18-21-19(28)23-20(28)22(18)29(21,23)27-33-10-34-37-27/h1-3,5,7,10,18-23H,4,6,8-9H2,(H,31,40)(H,32,41)(H,33,34,37). The lowest BCUT2D eigenvalue weighted by Crippen LogP contribution is -3.12. The van der Waals surface area contributed by atoms with Crippen LogP contribution in [0.25, 0.3) is 5.65 Å². The monoisotopic (exact) mass is 566 g/mol. The average molecular weight is 567 g/mol. The zero-order valence-electron chi connectivity index (χ0n) is 22.0. The van der Waals surface area contributed by atoms with Crippen molar-refractivity contribution >= 4 is 23.2 Å². The number of benzene rings is 1. The molecule has 7 aliphatic rings. The lowest BCUT2D eigenvalue weighted by molar-refractivity contribution is -0.627. The van der Waals surface area contributed by atoms with Crippen LogP contribution in [-0.4, -0.2) is 60.5 Å². The third-order valence-corrected chi connectivity index (χ3v) is 11.5. The maximum absolute atomic E-state index is 14.6. The van der Waals surface area contributed by atoms with Crippen molar-refractivity contribution in [2.24, 2.45) is 40.9 Å². The summed E-state index contributed by atoms with van der Waals surface area (Å²) in [5.74, 6) is 3.70. The van der Waals surface area contributed by atoms with Crippen LogP contribution in [0, 0.1) is 46.7 Å². The van der Waals surface area contributed by atoms with E-state index < -0.39 is 17.6 Å². The van der Waals surface area contributed by atoms with Crippen molar-refractivity contribution in [1.29, 1.82) is 0 Å². The summed E-state index contributed by atoms with van der Waals surface area (Å²) < 4.78 is 21.1. The first-order chi connectivity index (χ1) is 20.4. The normalized spacial score (nSPS) is 34.9. The number of fused-ring (bicyclic) bond motifs is 2. The van der Waals surface area contributed by atoms with E-state index in [1.54, 1.807) is 18.5 Å². The maximum atomic E-state index is 14.6. The first-order valence-corrected chi connectivity index (χ1v) is 14.2. The second-order valence-electron chi connectivity index (χ2n) is 12.6. The molecule has 42 heavy (non-hydrogen) atoms. The van der Waals surface area contributed by atoms with Crippen LogP contribution in [0.3, 0.4) is 0 Å². The fraction of sp³-hybridized carbons (Fsp3) is 0.414. The Morgan fingerprint density at radius 3 is 2.67 bits per heavy atom. The number of aromatic amines is 1. The molecular formula is C29H23FN8O4. The highest BCUT2D eigenvalue weighted by Crippen LogP contribution is 3.09. The third kappa shape index (κ3) is 2.31. The quantitative estimate of drug-likeness (QED) is 0.297. The third-order valence-electron chi connectivity index (χ3n) is 11.5. The van der Waals surface area contributed by atoms with Gasteiger partial charge in [-0.2, -0.15) is 10.2 Å².